The van der Waals surface area contributed by atoms with Crippen molar-refractivity contribution in [2.75, 3.05) is 19.0 Å². The molecule has 0 spiro atoms. The fraction of sp³-hybridized carbons (Fsp3) is 0.400. The number of rotatable bonds is 1. The second-order valence-corrected chi connectivity index (χ2v) is 3.42. The van der Waals surface area contributed by atoms with Crippen LogP contribution in [0, 0.1) is 19.2 Å². The summed E-state index contributed by atoms with van der Waals surface area (Å²) in [6.07, 6.45) is 0. The quantitative estimate of drug-likeness (QED) is 0.616. The van der Waals surface area contributed by atoms with Gasteiger partial charge in [0.15, 0.2) is 4.98 Å². The van der Waals surface area contributed by atoms with Crippen molar-refractivity contribution in [3.63, 3.8) is 0 Å². The highest BCUT2D eigenvalue weighted by Crippen LogP contribution is 2.28. The smallest absolute Gasteiger partial charge is 0.378 e. The SMILES string of the molecule is Cc1cc(N(C)C)cc(C)c1[N+]#N. The highest BCUT2D eigenvalue weighted by Gasteiger charge is 2.15. The Kier molecular flexibility index (Phi) is 2.52. The van der Waals surface area contributed by atoms with Crippen molar-refractivity contribution in [2.24, 2.45) is 0 Å². The molecule has 1 aromatic carbocycles. The van der Waals surface area contributed by atoms with Crippen LogP contribution in [0.15, 0.2) is 12.1 Å². The molecule has 0 saturated carbocycles. The Balaban J connectivity index is 3.30. The second-order valence-electron chi connectivity index (χ2n) is 3.42. The van der Waals surface area contributed by atoms with E-state index in [4.69, 9.17) is 5.39 Å². The zero-order valence-corrected chi connectivity index (χ0v) is 8.50. The van der Waals surface area contributed by atoms with E-state index < -0.39 is 0 Å². The van der Waals surface area contributed by atoms with Crippen LogP contribution in [0.4, 0.5) is 11.4 Å². The fourth-order valence-electron chi connectivity index (χ4n) is 1.35. The fourth-order valence-corrected chi connectivity index (χ4v) is 1.35. The Bertz CT molecular complexity index is 338. The van der Waals surface area contributed by atoms with E-state index in [1.807, 2.05) is 45.0 Å². The van der Waals surface area contributed by atoms with E-state index in [0.29, 0.717) is 5.69 Å². The Labute approximate surface area is 78.6 Å². The molecule has 3 nitrogen and oxygen atoms in total. The molecular formula is C10H14N3+. The minimum Gasteiger partial charge on any atom is -0.378 e. The van der Waals surface area contributed by atoms with Gasteiger partial charge in [0.05, 0.1) is 0 Å². The van der Waals surface area contributed by atoms with E-state index in [9.17, 15) is 0 Å². The molecule has 68 valence electrons. The predicted octanol–water partition coefficient (Wildman–Crippen LogP) is 2.85. The van der Waals surface area contributed by atoms with Crippen LogP contribution in [0.25, 0.3) is 4.98 Å². The van der Waals surface area contributed by atoms with Crippen molar-refractivity contribution in [2.45, 2.75) is 13.8 Å². The first-order chi connectivity index (χ1) is 6.06. The summed E-state index contributed by atoms with van der Waals surface area (Å²) in [5.41, 5.74) is 3.78. The molecule has 13 heavy (non-hydrogen) atoms. The standard InChI is InChI=1S/C10H14N3/c1-7-5-9(13(3)4)6-8(2)10(7)12-11/h5-6H,1-4H3/q+1. The lowest BCUT2D eigenvalue weighted by Crippen LogP contribution is -2.08. The lowest BCUT2D eigenvalue weighted by Gasteiger charge is -2.12. The van der Waals surface area contributed by atoms with Gasteiger partial charge in [-0.1, -0.05) is 0 Å². The molecule has 3 heteroatoms. The molecule has 0 amide bonds. The van der Waals surface area contributed by atoms with Crippen LogP contribution < -0.4 is 4.90 Å². The third-order valence-corrected chi connectivity index (χ3v) is 2.09. The number of hydrogen-bond donors (Lipinski definition) is 0. The summed E-state index contributed by atoms with van der Waals surface area (Å²) in [5.74, 6) is 0. The average Bonchev–Trinajstić information content (AvgIpc) is 2.03. The van der Waals surface area contributed by atoms with Gasteiger partial charge in [0.25, 0.3) is 0 Å². The van der Waals surface area contributed by atoms with Gasteiger partial charge in [-0.2, -0.15) is 0 Å². The van der Waals surface area contributed by atoms with Crippen molar-refractivity contribution < 1.29 is 0 Å². The van der Waals surface area contributed by atoms with Crippen molar-refractivity contribution >= 4 is 11.4 Å². The van der Waals surface area contributed by atoms with Gasteiger partial charge in [-0.25, -0.2) is 0 Å². The van der Waals surface area contributed by atoms with E-state index in [-0.39, 0.29) is 0 Å². The number of diazo groups is 1. The highest BCUT2D eigenvalue weighted by atomic mass is 15.1. The van der Waals surface area contributed by atoms with Gasteiger partial charge in [0, 0.05) is 30.9 Å². The molecule has 0 bridgehead atoms. The summed E-state index contributed by atoms with van der Waals surface area (Å²) in [5, 5.41) is 8.74. The normalized spacial score (nSPS) is 9.46. The first-order valence-corrected chi connectivity index (χ1v) is 4.20. The molecule has 0 unspecified atom stereocenters. The molecule has 0 aromatic heterocycles. The second kappa shape index (κ2) is 3.44. The Morgan fingerprint density at radius 3 is 1.92 bits per heavy atom. The van der Waals surface area contributed by atoms with E-state index in [2.05, 4.69) is 4.98 Å². The molecule has 1 aromatic rings. The van der Waals surface area contributed by atoms with Gasteiger partial charge < -0.3 is 4.90 Å². The van der Waals surface area contributed by atoms with Crippen LogP contribution in [0.1, 0.15) is 11.1 Å². The molecule has 0 N–H and O–H groups in total. The first kappa shape index (κ1) is 9.53. The third-order valence-electron chi connectivity index (χ3n) is 2.09. The highest BCUT2D eigenvalue weighted by molar-refractivity contribution is 5.64. The molecule has 0 fully saturated rings. The van der Waals surface area contributed by atoms with Crippen molar-refractivity contribution in [3.8, 4) is 0 Å². The average molecular weight is 176 g/mol. The zero-order chi connectivity index (χ0) is 10.0. The largest absolute Gasteiger partial charge is 0.390 e. The minimum atomic E-state index is 0.672. The van der Waals surface area contributed by atoms with E-state index in [1.54, 1.807) is 0 Å². The molecule has 0 atom stereocenters. The van der Waals surface area contributed by atoms with Crippen molar-refractivity contribution in [1.82, 2.24) is 0 Å². The maximum Gasteiger partial charge on any atom is 0.390 e. The maximum atomic E-state index is 8.74. The molecule has 0 aliphatic heterocycles. The molecule has 0 saturated heterocycles. The number of aryl methyl sites for hydroxylation is 2. The zero-order valence-electron chi connectivity index (χ0n) is 8.50. The molecule has 0 aliphatic rings. The van der Waals surface area contributed by atoms with Gasteiger partial charge in [0.1, 0.15) is 0 Å². The number of hydrogen-bond acceptors (Lipinski definition) is 2. The molecular weight excluding hydrogens is 162 g/mol. The van der Waals surface area contributed by atoms with Crippen LogP contribution in [0.5, 0.6) is 0 Å². The summed E-state index contributed by atoms with van der Waals surface area (Å²) < 4.78 is 0. The maximum absolute atomic E-state index is 8.74. The molecule has 0 heterocycles. The topological polar surface area (TPSA) is 31.4 Å². The lowest BCUT2D eigenvalue weighted by atomic mass is 10.1. The summed E-state index contributed by atoms with van der Waals surface area (Å²) in [6, 6.07) is 4.00. The lowest BCUT2D eigenvalue weighted by molar-refractivity contribution is 1.12. The number of nitrogens with zero attached hydrogens (tertiary/aromatic N) is 3. The molecule has 1 rings (SSSR count). The van der Waals surface area contributed by atoms with E-state index >= 15 is 0 Å². The van der Waals surface area contributed by atoms with E-state index in [1.165, 1.54) is 0 Å². The predicted molar refractivity (Wildman–Crippen MR) is 55.0 cm³/mol. The number of anilines is 1. The monoisotopic (exact) mass is 176 g/mol. The van der Waals surface area contributed by atoms with Crippen LogP contribution in [0.2, 0.25) is 0 Å². The third kappa shape index (κ3) is 1.78. The summed E-state index contributed by atoms with van der Waals surface area (Å²) in [6.45, 7) is 3.88. The van der Waals surface area contributed by atoms with Gasteiger partial charge in [0.2, 0.25) is 5.39 Å². The van der Waals surface area contributed by atoms with Crippen LogP contribution in [0.3, 0.4) is 0 Å². The number of benzene rings is 1. The van der Waals surface area contributed by atoms with Gasteiger partial charge >= 0.3 is 5.69 Å². The van der Waals surface area contributed by atoms with Gasteiger partial charge in [-0.3, -0.25) is 0 Å². The van der Waals surface area contributed by atoms with E-state index in [0.717, 1.165) is 16.8 Å². The summed E-state index contributed by atoms with van der Waals surface area (Å²) >= 11 is 0. The van der Waals surface area contributed by atoms with Crippen LogP contribution in [-0.2, 0) is 0 Å². The Hall–Kier alpha value is -1.56. The minimum absolute atomic E-state index is 0.672. The van der Waals surface area contributed by atoms with Crippen LogP contribution >= 0.6 is 0 Å². The Morgan fingerprint density at radius 1 is 1.15 bits per heavy atom. The van der Waals surface area contributed by atoms with Gasteiger partial charge in [-0.15, -0.1) is 0 Å². The molecule has 0 aliphatic carbocycles. The molecule has 0 radical (unpaired) electrons. The van der Waals surface area contributed by atoms with Crippen LogP contribution in [-0.4, -0.2) is 14.1 Å². The van der Waals surface area contributed by atoms with Crippen molar-refractivity contribution in [1.29, 1.82) is 5.39 Å². The summed E-state index contributed by atoms with van der Waals surface area (Å²) in [4.78, 5) is 5.28. The summed E-state index contributed by atoms with van der Waals surface area (Å²) in [7, 11) is 3.98. The Morgan fingerprint density at radius 2 is 1.62 bits per heavy atom. The van der Waals surface area contributed by atoms with Crippen molar-refractivity contribution in [3.05, 3.63) is 28.2 Å². The van der Waals surface area contributed by atoms with Gasteiger partial charge in [-0.05, 0) is 26.0 Å². The first-order valence-electron chi connectivity index (χ1n) is 4.20.